The van der Waals surface area contributed by atoms with Crippen LogP contribution < -0.4 is 5.32 Å². The number of likely N-dealkylation sites (tertiary alicyclic amines) is 1. The van der Waals surface area contributed by atoms with Crippen LogP contribution in [0.2, 0.25) is 0 Å². The summed E-state index contributed by atoms with van der Waals surface area (Å²) < 4.78 is 0. The first-order valence-corrected chi connectivity index (χ1v) is 6.96. The van der Waals surface area contributed by atoms with Crippen molar-refractivity contribution in [3.05, 3.63) is 0 Å². The number of hydrogen-bond donors (Lipinski definition) is 1. The highest BCUT2D eigenvalue weighted by molar-refractivity contribution is 4.75. The number of nitrogens with one attached hydrogen (secondary N) is 1. The molecule has 16 heavy (non-hydrogen) atoms. The maximum atomic E-state index is 3.63. The van der Waals surface area contributed by atoms with E-state index in [2.05, 4.69) is 37.9 Å². The maximum Gasteiger partial charge on any atom is 0.00872 e. The molecule has 0 radical (unpaired) electrons. The van der Waals surface area contributed by atoms with Crippen LogP contribution in [-0.4, -0.2) is 37.1 Å². The van der Waals surface area contributed by atoms with E-state index in [1.54, 1.807) is 0 Å². The molecule has 1 unspecified atom stereocenters. The quantitative estimate of drug-likeness (QED) is 0.701. The van der Waals surface area contributed by atoms with E-state index in [0.29, 0.717) is 11.5 Å². The minimum atomic E-state index is 0.384. The molecule has 2 nitrogen and oxygen atoms in total. The predicted octanol–water partition coefficient (Wildman–Crippen LogP) is 2.89. The Morgan fingerprint density at radius 1 is 1.12 bits per heavy atom. The van der Waals surface area contributed by atoms with Gasteiger partial charge < -0.3 is 10.2 Å². The summed E-state index contributed by atoms with van der Waals surface area (Å²) in [6, 6.07) is 0.610. The van der Waals surface area contributed by atoms with Crippen LogP contribution in [0, 0.1) is 5.41 Å². The minimum absolute atomic E-state index is 0.384. The zero-order valence-corrected chi connectivity index (χ0v) is 11.7. The van der Waals surface area contributed by atoms with E-state index in [1.807, 2.05) is 0 Å². The summed E-state index contributed by atoms with van der Waals surface area (Å²) in [5, 5.41) is 3.63. The molecule has 1 heterocycles. The van der Waals surface area contributed by atoms with E-state index in [9.17, 15) is 0 Å². The Kier molecular flexibility index (Phi) is 5.77. The highest BCUT2D eigenvalue weighted by Gasteiger charge is 2.18. The number of rotatable bonds is 6. The monoisotopic (exact) mass is 226 g/mol. The molecule has 2 heteroatoms. The Hall–Kier alpha value is -0.0800. The van der Waals surface area contributed by atoms with Gasteiger partial charge in [-0.1, -0.05) is 20.8 Å². The normalized spacial score (nSPS) is 20.2. The molecule has 0 aromatic heterocycles. The Morgan fingerprint density at radius 3 is 2.31 bits per heavy atom. The van der Waals surface area contributed by atoms with Gasteiger partial charge >= 0.3 is 0 Å². The zero-order chi connectivity index (χ0) is 12.0. The summed E-state index contributed by atoms with van der Waals surface area (Å²) in [6.45, 7) is 14.4. The lowest BCUT2D eigenvalue weighted by molar-refractivity contribution is 0.280. The van der Waals surface area contributed by atoms with Gasteiger partial charge in [0.1, 0.15) is 0 Å². The van der Waals surface area contributed by atoms with Crippen LogP contribution in [0.5, 0.6) is 0 Å². The molecule has 1 N–H and O–H groups in total. The lowest BCUT2D eigenvalue weighted by Crippen LogP contribution is -2.38. The van der Waals surface area contributed by atoms with Crippen molar-refractivity contribution in [2.45, 2.75) is 59.4 Å². The first-order valence-electron chi connectivity index (χ1n) is 6.96. The molecular weight excluding hydrogens is 196 g/mol. The van der Waals surface area contributed by atoms with Crippen molar-refractivity contribution >= 4 is 0 Å². The second-order valence-electron chi connectivity index (χ2n) is 6.30. The molecule has 1 atom stereocenters. The fraction of sp³-hybridized carbons (Fsp3) is 1.00. The molecule has 1 saturated heterocycles. The van der Waals surface area contributed by atoms with Gasteiger partial charge in [-0.25, -0.2) is 0 Å². The van der Waals surface area contributed by atoms with Gasteiger partial charge in [-0.3, -0.25) is 0 Å². The van der Waals surface area contributed by atoms with E-state index in [-0.39, 0.29) is 0 Å². The van der Waals surface area contributed by atoms with Gasteiger partial charge in [0.2, 0.25) is 0 Å². The zero-order valence-electron chi connectivity index (χ0n) is 11.7. The Labute approximate surface area is 102 Å². The molecule has 1 fully saturated rings. The number of unbranched alkanes of at least 4 members (excludes halogenated alkanes) is 1. The second kappa shape index (κ2) is 6.61. The third-order valence-electron chi connectivity index (χ3n) is 3.85. The first-order chi connectivity index (χ1) is 7.50. The minimum Gasteiger partial charge on any atom is -0.314 e. The lowest BCUT2D eigenvalue weighted by Gasteiger charge is -2.28. The van der Waals surface area contributed by atoms with Crippen LogP contribution in [0.25, 0.3) is 0 Å². The summed E-state index contributed by atoms with van der Waals surface area (Å²) in [5.74, 6) is 0. The third kappa shape index (κ3) is 5.31. The Bertz CT molecular complexity index is 178. The van der Waals surface area contributed by atoms with Crippen LogP contribution in [0.3, 0.4) is 0 Å². The fourth-order valence-electron chi connectivity index (χ4n) is 2.09. The molecule has 96 valence electrons. The highest BCUT2D eigenvalue weighted by atomic mass is 15.1. The van der Waals surface area contributed by atoms with Crippen LogP contribution in [0.4, 0.5) is 0 Å². The predicted molar refractivity (Wildman–Crippen MR) is 71.8 cm³/mol. The second-order valence-corrected chi connectivity index (χ2v) is 6.30. The summed E-state index contributed by atoms with van der Waals surface area (Å²) in [5.41, 5.74) is 0.384. The van der Waals surface area contributed by atoms with Gasteiger partial charge in [0.15, 0.2) is 0 Å². The average molecular weight is 226 g/mol. The molecule has 0 amide bonds. The van der Waals surface area contributed by atoms with Crippen molar-refractivity contribution in [1.82, 2.24) is 10.2 Å². The third-order valence-corrected chi connectivity index (χ3v) is 3.85. The van der Waals surface area contributed by atoms with Gasteiger partial charge in [0.05, 0.1) is 0 Å². The molecule has 1 rings (SSSR count). The van der Waals surface area contributed by atoms with E-state index in [4.69, 9.17) is 0 Å². The van der Waals surface area contributed by atoms with Gasteiger partial charge in [-0.15, -0.1) is 0 Å². The SMILES string of the molecule is CC(NCCCCN1CCCC1)C(C)(C)C. The van der Waals surface area contributed by atoms with Gasteiger partial charge in [-0.2, -0.15) is 0 Å². The molecule has 0 aromatic carbocycles. The molecule has 1 aliphatic heterocycles. The molecule has 0 aromatic rings. The van der Waals surface area contributed by atoms with Crippen LogP contribution in [-0.2, 0) is 0 Å². The number of hydrogen-bond acceptors (Lipinski definition) is 2. The van der Waals surface area contributed by atoms with Crippen molar-refractivity contribution in [1.29, 1.82) is 0 Å². The summed E-state index contributed by atoms with van der Waals surface area (Å²) in [4.78, 5) is 2.60. The van der Waals surface area contributed by atoms with Crippen molar-refractivity contribution in [3.63, 3.8) is 0 Å². The smallest absolute Gasteiger partial charge is 0.00872 e. The van der Waals surface area contributed by atoms with Crippen molar-refractivity contribution in [2.75, 3.05) is 26.2 Å². The van der Waals surface area contributed by atoms with Crippen LogP contribution in [0.15, 0.2) is 0 Å². The molecule has 0 bridgehead atoms. The first kappa shape index (κ1) is 14.0. The molecule has 0 saturated carbocycles. The molecule has 1 aliphatic rings. The Morgan fingerprint density at radius 2 is 1.75 bits per heavy atom. The molecule has 0 spiro atoms. The maximum absolute atomic E-state index is 3.63. The number of nitrogens with zero attached hydrogens (tertiary/aromatic N) is 1. The topological polar surface area (TPSA) is 15.3 Å². The van der Waals surface area contributed by atoms with Gasteiger partial charge in [0.25, 0.3) is 0 Å². The van der Waals surface area contributed by atoms with Crippen molar-refractivity contribution in [3.8, 4) is 0 Å². The van der Waals surface area contributed by atoms with E-state index >= 15 is 0 Å². The Balaban J connectivity index is 1.95. The largest absolute Gasteiger partial charge is 0.314 e. The standard InChI is InChI=1S/C14H30N2/c1-13(14(2,3)4)15-9-5-6-10-16-11-7-8-12-16/h13,15H,5-12H2,1-4H3. The van der Waals surface area contributed by atoms with E-state index in [0.717, 1.165) is 0 Å². The van der Waals surface area contributed by atoms with Crippen molar-refractivity contribution < 1.29 is 0 Å². The van der Waals surface area contributed by atoms with Crippen LogP contribution >= 0.6 is 0 Å². The van der Waals surface area contributed by atoms with Gasteiger partial charge in [0, 0.05) is 6.04 Å². The van der Waals surface area contributed by atoms with E-state index < -0.39 is 0 Å². The highest BCUT2D eigenvalue weighted by Crippen LogP contribution is 2.18. The van der Waals surface area contributed by atoms with Crippen molar-refractivity contribution in [2.24, 2.45) is 5.41 Å². The van der Waals surface area contributed by atoms with Crippen LogP contribution in [0.1, 0.15) is 53.4 Å². The van der Waals surface area contributed by atoms with Gasteiger partial charge in [-0.05, 0) is 64.2 Å². The van der Waals surface area contributed by atoms with E-state index in [1.165, 1.54) is 51.9 Å². The summed E-state index contributed by atoms with van der Waals surface area (Å²) >= 11 is 0. The molecule has 0 aliphatic carbocycles. The summed E-state index contributed by atoms with van der Waals surface area (Å²) in [6.07, 6.45) is 5.50. The average Bonchev–Trinajstić information content (AvgIpc) is 2.68. The summed E-state index contributed by atoms with van der Waals surface area (Å²) in [7, 11) is 0. The lowest BCUT2D eigenvalue weighted by atomic mass is 9.88. The molecular formula is C14H30N2. The fourth-order valence-corrected chi connectivity index (χ4v) is 2.09.